The third kappa shape index (κ3) is 7.24. The second-order valence-corrected chi connectivity index (χ2v) is 8.54. The molecule has 180 valence electrons. The van der Waals surface area contributed by atoms with E-state index in [1.807, 2.05) is 86.5 Å². The molecule has 0 aliphatic rings. The zero-order chi connectivity index (χ0) is 24.5. The minimum absolute atomic E-state index is 0.372. The maximum Gasteiger partial charge on any atom is 0.228 e. The molecule has 0 radical (unpaired) electrons. The van der Waals surface area contributed by atoms with Gasteiger partial charge in [0.2, 0.25) is 5.95 Å². The fourth-order valence-electron chi connectivity index (χ4n) is 2.83. The highest BCUT2D eigenvalue weighted by molar-refractivity contribution is 9.10. The van der Waals surface area contributed by atoms with E-state index in [9.17, 15) is 0 Å². The molecule has 3 rings (SSSR count). The Labute approximate surface area is 208 Å². The van der Waals surface area contributed by atoms with Gasteiger partial charge in [0.15, 0.2) is 5.82 Å². The Kier molecular flexibility index (Phi) is 8.92. The topological polar surface area (TPSA) is 84.3 Å². The Morgan fingerprint density at radius 2 is 1.71 bits per heavy atom. The number of nitrogens with zero attached hydrogens (tertiary/aromatic N) is 5. The first-order valence-corrected chi connectivity index (χ1v) is 11.4. The summed E-state index contributed by atoms with van der Waals surface area (Å²) in [5.41, 5.74) is 3.79. The summed E-state index contributed by atoms with van der Waals surface area (Å²) in [7, 11) is 9.27. The van der Waals surface area contributed by atoms with Crippen LogP contribution < -0.4 is 29.4 Å². The van der Waals surface area contributed by atoms with Crippen LogP contribution in [0.4, 0.5) is 17.6 Å². The van der Waals surface area contributed by atoms with Gasteiger partial charge in [0.05, 0.1) is 13.3 Å². The van der Waals surface area contributed by atoms with Crippen molar-refractivity contribution in [3.8, 4) is 17.2 Å². The number of anilines is 3. The number of benzene rings is 2. The van der Waals surface area contributed by atoms with Crippen LogP contribution in [0.2, 0.25) is 0 Å². The molecule has 0 saturated heterocycles. The van der Waals surface area contributed by atoms with E-state index in [1.54, 1.807) is 13.3 Å². The molecule has 1 aromatic heterocycles. The van der Waals surface area contributed by atoms with Gasteiger partial charge in [-0.05, 0) is 30.3 Å². The first-order chi connectivity index (χ1) is 16.4. The standard InChI is InChI=1S/C24H29BrN6O3/c1-30(2)23-15-22(27-24(28-23)31(3)4)29-26-16-17-13-18(25)9-10-21(17)34-12-11-33-20-8-6-7-19(14-20)32-5/h6-10,13-16H,11-12H2,1-5H3,(H,27,28,29)/b26-16-. The minimum atomic E-state index is 0.372. The van der Waals surface area contributed by atoms with Crippen LogP contribution in [0.25, 0.3) is 0 Å². The minimum Gasteiger partial charge on any atom is -0.497 e. The van der Waals surface area contributed by atoms with E-state index >= 15 is 0 Å². The molecule has 10 heteroatoms. The Morgan fingerprint density at radius 1 is 0.941 bits per heavy atom. The third-order valence-electron chi connectivity index (χ3n) is 4.56. The molecular formula is C24H29BrN6O3. The molecule has 34 heavy (non-hydrogen) atoms. The van der Waals surface area contributed by atoms with Gasteiger partial charge in [-0.3, -0.25) is 5.43 Å². The molecule has 0 amide bonds. The van der Waals surface area contributed by atoms with E-state index < -0.39 is 0 Å². The predicted octanol–water partition coefficient (Wildman–Crippen LogP) is 4.28. The van der Waals surface area contributed by atoms with Crippen LogP contribution in [-0.4, -0.2) is 64.7 Å². The van der Waals surface area contributed by atoms with Gasteiger partial charge in [-0.1, -0.05) is 22.0 Å². The van der Waals surface area contributed by atoms with Crippen LogP contribution in [0.3, 0.4) is 0 Å². The highest BCUT2D eigenvalue weighted by atomic mass is 79.9. The van der Waals surface area contributed by atoms with Crippen molar-refractivity contribution in [2.45, 2.75) is 0 Å². The van der Waals surface area contributed by atoms with E-state index in [1.165, 1.54) is 0 Å². The first kappa shape index (κ1) is 25.1. The Bertz CT molecular complexity index is 1100. The number of hydrogen-bond acceptors (Lipinski definition) is 9. The van der Waals surface area contributed by atoms with E-state index in [0.717, 1.165) is 27.4 Å². The quantitative estimate of drug-likeness (QED) is 0.224. The van der Waals surface area contributed by atoms with Crippen molar-refractivity contribution >= 4 is 39.7 Å². The summed E-state index contributed by atoms with van der Waals surface area (Å²) < 4.78 is 17.8. The molecule has 0 saturated carbocycles. The van der Waals surface area contributed by atoms with Crippen molar-refractivity contribution in [2.24, 2.45) is 5.10 Å². The largest absolute Gasteiger partial charge is 0.497 e. The number of rotatable bonds is 11. The van der Waals surface area contributed by atoms with Gasteiger partial charge in [0, 0.05) is 50.4 Å². The molecule has 9 nitrogen and oxygen atoms in total. The van der Waals surface area contributed by atoms with Crippen molar-refractivity contribution in [2.75, 3.05) is 63.7 Å². The van der Waals surface area contributed by atoms with Crippen LogP contribution in [0, 0.1) is 0 Å². The maximum atomic E-state index is 5.94. The van der Waals surface area contributed by atoms with Crippen molar-refractivity contribution in [1.82, 2.24) is 9.97 Å². The molecule has 0 spiro atoms. The molecule has 0 atom stereocenters. The summed E-state index contributed by atoms with van der Waals surface area (Å²) in [5, 5.41) is 4.36. The number of halogens is 1. The number of ether oxygens (including phenoxy) is 3. The Balaban J connectivity index is 1.64. The summed E-state index contributed by atoms with van der Waals surface area (Å²) in [6.07, 6.45) is 1.69. The monoisotopic (exact) mass is 528 g/mol. The van der Waals surface area contributed by atoms with E-state index in [2.05, 4.69) is 36.4 Å². The highest BCUT2D eigenvalue weighted by Gasteiger charge is 2.08. The Hall–Kier alpha value is -3.53. The van der Waals surface area contributed by atoms with Gasteiger partial charge in [0.25, 0.3) is 0 Å². The molecule has 1 N–H and O–H groups in total. The van der Waals surface area contributed by atoms with Gasteiger partial charge in [-0.2, -0.15) is 15.1 Å². The lowest BCUT2D eigenvalue weighted by Crippen LogP contribution is -2.17. The number of aromatic nitrogens is 2. The Morgan fingerprint density at radius 3 is 2.44 bits per heavy atom. The van der Waals surface area contributed by atoms with Gasteiger partial charge in [0.1, 0.15) is 36.3 Å². The molecule has 2 aromatic carbocycles. The van der Waals surface area contributed by atoms with E-state index in [4.69, 9.17) is 14.2 Å². The van der Waals surface area contributed by atoms with Crippen molar-refractivity contribution in [3.63, 3.8) is 0 Å². The molecular weight excluding hydrogens is 500 g/mol. The van der Waals surface area contributed by atoms with Crippen LogP contribution in [0.1, 0.15) is 5.56 Å². The van der Waals surface area contributed by atoms with E-state index in [-0.39, 0.29) is 0 Å². The molecule has 0 bridgehead atoms. The fraction of sp³-hybridized carbons (Fsp3) is 0.292. The van der Waals surface area contributed by atoms with Crippen molar-refractivity contribution in [1.29, 1.82) is 0 Å². The average molecular weight is 529 g/mol. The van der Waals surface area contributed by atoms with Crippen LogP contribution in [0.15, 0.2) is 58.1 Å². The lowest BCUT2D eigenvalue weighted by molar-refractivity contribution is 0.216. The number of nitrogens with one attached hydrogen (secondary N) is 1. The highest BCUT2D eigenvalue weighted by Crippen LogP contribution is 2.23. The zero-order valence-electron chi connectivity index (χ0n) is 19.9. The van der Waals surface area contributed by atoms with Crippen LogP contribution >= 0.6 is 15.9 Å². The smallest absolute Gasteiger partial charge is 0.228 e. The molecule has 3 aromatic rings. The van der Waals surface area contributed by atoms with Crippen LogP contribution in [-0.2, 0) is 0 Å². The second kappa shape index (κ2) is 12.1. The molecule has 0 aliphatic heterocycles. The molecule has 0 unspecified atom stereocenters. The molecule has 1 heterocycles. The third-order valence-corrected chi connectivity index (χ3v) is 5.06. The number of hydrogen-bond donors (Lipinski definition) is 1. The lowest BCUT2D eigenvalue weighted by atomic mass is 10.2. The maximum absolute atomic E-state index is 5.94. The average Bonchev–Trinajstić information content (AvgIpc) is 2.82. The number of hydrazone groups is 1. The van der Waals surface area contributed by atoms with E-state index in [0.29, 0.717) is 30.7 Å². The fourth-order valence-corrected chi connectivity index (χ4v) is 3.21. The summed E-state index contributed by atoms with van der Waals surface area (Å²) in [5.74, 6) is 4.11. The summed E-state index contributed by atoms with van der Waals surface area (Å²) in [6.45, 7) is 0.761. The second-order valence-electron chi connectivity index (χ2n) is 7.63. The van der Waals surface area contributed by atoms with Gasteiger partial charge in [-0.25, -0.2) is 0 Å². The van der Waals surface area contributed by atoms with Gasteiger partial charge >= 0.3 is 0 Å². The van der Waals surface area contributed by atoms with Gasteiger partial charge in [-0.15, -0.1) is 0 Å². The molecule has 0 aliphatic carbocycles. The van der Waals surface area contributed by atoms with Gasteiger partial charge < -0.3 is 24.0 Å². The summed E-state index contributed by atoms with van der Waals surface area (Å²) in [6, 6.07) is 15.0. The zero-order valence-corrected chi connectivity index (χ0v) is 21.5. The normalized spacial score (nSPS) is 10.8. The van der Waals surface area contributed by atoms with Crippen molar-refractivity contribution < 1.29 is 14.2 Å². The lowest BCUT2D eigenvalue weighted by Gasteiger charge is -2.17. The van der Waals surface area contributed by atoms with Crippen molar-refractivity contribution in [3.05, 3.63) is 58.6 Å². The summed E-state index contributed by atoms with van der Waals surface area (Å²) >= 11 is 3.50. The SMILES string of the molecule is COc1cccc(OCCOc2ccc(Br)cc2/C=N\Nc2cc(N(C)C)nc(N(C)C)n2)c1. The first-order valence-electron chi connectivity index (χ1n) is 10.6. The van der Waals surface area contributed by atoms with Crippen LogP contribution in [0.5, 0.6) is 17.2 Å². The molecule has 0 fully saturated rings. The predicted molar refractivity (Wildman–Crippen MR) is 140 cm³/mol. The summed E-state index contributed by atoms with van der Waals surface area (Å²) in [4.78, 5) is 12.7. The number of methoxy groups -OCH3 is 1.